The van der Waals surface area contributed by atoms with Gasteiger partial charge in [-0.2, -0.15) is 5.10 Å². The second kappa shape index (κ2) is 6.12. The second-order valence-electron chi connectivity index (χ2n) is 5.43. The van der Waals surface area contributed by atoms with E-state index in [1.54, 1.807) is 23.1 Å². The van der Waals surface area contributed by atoms with Gasteiger partial charge in [0.15, 0.2) is 0 Å². The summed E-state index contributed by atoms with van der Waals surface area (Å²) < 4.78 is 43.6. The minimum atomic E-state index is -4.75. The number of pyridine rings is 1. The van der Waals surface area contributed by atoms with Gasteiger partial charge in [-0.05, 0) is 37.3 Å². The van der Waals surface area contributed by atoms with Gasteiger partial charge in [0.2, 0.25) is 0 Å². The fourth-order valence-electron chi connectivity index (χ4n) is 2.44. The molecule has 1 aromatic carbocycles. The van der Waals surface area contributed by atoms with Gasteiger partial charge in [-0.3, -0.25) is 14.0 Å². The van der Waals surface area contributed by atoms with Gasteiger partial charge in [0.25, 0.3) is 5.56 Å². The Morgan fingerprint density at radius 2 is 1.76 bits per heavy atom. The smallest absolute Gasteiger partial charge is 0.406 e. The molecule has 0 fully saturated rings. The molecule has 0 saturated carbocycles. The van der Waals surface area contributed by atoms with E-state index < -0.39 is 6.36 Å². The monoisotopic (exact) mass is 349 g/mol. The van der Waals surface area contributed by atoms with Crippen molar-refractivity contribution in [1.82, 2.24) is 14.3 Å². The summed E-state index contributed by atoms with van der Waals surface area (Å²) in [6, 6.07) is 8.20. The Morgan fingerprint density at radius 3 is 2.32 bits per heavy atom. The molecule has 0 radical (unpaired) electrons. The Bertz CT molecular complexity index is 957. The first-order valence-electron chi connectivity index (χ1n) is 7.32. The van der Waals surface area contributed by atoms with Gasteiger partial charge in [0.05, 0.1) is 6.20 Å². The van der Waals surface area contributed by atoms with Crippen molar-refractivity contribution in [3.8, 4) is 22.6 Å². The normalized spacial score (nSPS) is 11.6. The fourth-order valence-corrected chi connectivity index (χ4v) is 2.44. The molecule has 0 amide bonds. The number of halogens is 3. The van der Waals surface area contributed by atoms with Gasteiger partial charge >= 0.3 is 6.36 Å². The van der Waals surface area contributed by atoms with Crippen molar-refractivity contribution in [2.75, 3.05) is 0 Å². The Hall–Kier alpha value is -3.03. The third kappa shape index (κ3) is 3.57. The number of benzene rings is 1. The zero-order valence-corrected chi connectivity index (χ0v) is 13.4. The standard InChI is InChI=1S/C17H14F3N3O2/c1-11-15(9-21-22(11)2)12-3-8-16(24)23(10-12)13-4-6-14(7-5-13)25-17(18,19)20/h3-10H,1-2H3. The molecule has 0 aliphatic carbocycles. The quantitative estimate of drug-likeness (QED) is 0.728. The molecule has 0 atom stereocenters. The summed E-state index contributed by atoms with van der Waals surface area (Å²) in [4.78, 5) is 12.1. The summed E-state index contributed by atoms with van der Waals surface area (Å²) in [5, 5.41) is 4.17. The predicted molar refractivity (Wildman–Crippen MR) is 85.7 cm³/mol. The predicted octanol–water partition coefficient (Wildman–Crippen LogP) is 3.45. The van der Waals surface area contributed by atoms with Crippen LogP contribution in [0.5, 0.6) is 5.75 Å². The Kier molecular flexibility index (Phi) is 4.12. The van der Waals surface area contributed by atoms with E-state index in [1.165, 1.54) is 22.8 Å². The summed E-state index contributed by atoms with van der Waals surface area (Å²) >= 11 is 0. The number of hydrogen-bond donors (Lipinski definition) is 0. The van der Waals surface area contributed by atoms with Crippen LogP contribution in [-0.2, 0) is 7.05 Å². The molecule has 130 valence electrons. The molecule has 0 aliphatic rings. The largest absolute Gasteiger partial charge is 0.573 e. The molecule has 0 bridgehead atoms. The first kappa shape index (κ1) is 16.8. The van der Waals surface area contributed by atoms with E-state index in [9.17, 15) is 18.0 Å². The van der Waals surface area contributed by atoms with Crippen molar-refractivity contribution < 1.29 is 17.9 Å². The molecule has 2 aromatic heterocycles. The molecule has 5 nitrogen and oxygen atoms in total. The highest BCUT2D eigenvalue weighted by Crippen LogP contribution is 2.25. The van der Waals surface area contributed by atoms with Crippen LogP contribution in [0.15, 0.2) is 53.6 Å². The van der Waals surface area contributed by atoms with Gasteiger partial charge in [-0.25, -0.2) is 0 Å². The zero-order chi connectivity index (χ0) is 18.2. The van der Waals surface area contributed by atoms with Crippen LogP contribution in [-0.4, -0.2) is 20.7 Å². The lowest BCUT2D eigenvalue weighted by atomic mass is 10.1. The molecule has 0 unspecified atom stereocenters. The lowest BCUT2D eigenvalue weighted by Crippen LogP contribution is -2.18. The van der Waals surface area contributed by atoms with Crippen LogP contribution in [0, 0.1) is 6.92 Å². The molecular weight excluding hydrogens is 335 g/mol. The zero-order valence-electron chi connectivity index (χ0n) is 13.4. The molecule has 25 heavy (non-hydrogen) atoms. The number of alkyl halides is 3. The van der Waals surface area contributed by atoms with Gasteiger partial charge in [-0.15, -0.1) is 13.2 Å². The maximum absolute atomic E-state index is 12.2. The van der Waals surface area contributed by atoms with Crippen molar-refractivity contribution in [3.63, 3.8) is 0 Å². The van der Waals surface area contributed by atoms with Crippen LogP contribution in [0.2, 0.25) is 0 Å². The SMILES string of the molecule is Cc1c(-c2ccc(=O)n(-c3ccc(OC(F)(F)F)cc3)c2)cnn1C. The van der Waals surface area contributed by atoms with Crippen molar-refractivity contribution in [2.24, 2.45) is 7.05 Å². The molecule has 3 aromatic rings. The van der Waals surface area contributed by atoms with Crippen LogP contribution >= 0.6 is 0 Å². The van der Waals surface area contributed by atoms with Gasteiger partial charge in [0, 0.05) is 41.8 Å². The lowest BCUT2D eigenvalue weighted by Gasteiger charge is -2.11. The summed E-state index contributed by atoms with van der Waals surface area (Å²) in [6.07, 6.45) is -1.43. The van der Waals surface area contributed by atoms with Crippen molar-refractivity contribution in [3.05, 3.63) is 64.8 Å². The summed E-state index contributed by atoms with van der Waals surface area (Å²) in [6.45, 7) is 1.90. The fraction of sp³-hybridized carbons (Fsp3) is 0.176. The number of rotatable bonds is 3. The van der Waals surface area contributed by atoms with Crippen LogP contribution in [0.4, 0.5) is 13.2 Å². The molecular formula is C17H14F3N3O2. The first-order valence-corrected chi connectivity index (χ1v) is 7.32. The van der Waals surface area contributed by atoms with Crippen molar-refractivity contribution in [2.45, 2.75) is 13.3 Å². The number of ether oxygens (including phenoxy) is 1. The van der Waals surface area contributed by atoms with E-state index in [1.807, 2.05) is 14.0 Å². The Balaban J connectivity index is 1.99. The summed E-state index contributed by atoms with van der Waals surface area (Å²) in [7, 11) is 1.81. The van der Waals surface area contributed by atoms with Crippen LogP contribution < -0.4 is 10.3 Å². The molecule has 8 heteroatoms. The minimum absolute atomic E-state index is 0.296. The van der Waals surface area contributed by atoms with E-state index in [-0.39, 0.29) is 11.3 Å². The van der Waals surface area contributed by atoms with Crippen molar-refractivity contribution in [1.29, 1.82) is 0 Å². The van der Waals surface area contributed by atoms with Crippen LogP contribution in [0.25, 0.3) is 16.8 Å². The van der Waals surface area contributed by atoms with E-state index >= 15 is 0 Å². The molecule has 0 aliphatic heterocycles. The van der Waals surface area contributed by atoms with E-state index in [2.05, 4.69) is 9.84 Å². The lowest BCUT2D eigenvalue weighted by molar-refractivity contribution is -0.274. The van der Waals surface area contributed by atoms with Gasteiger partial charge < -0.3 is 4.74 Å². The van der Waals surface area contributed by atoms with E-state index in [4.69, 9.17) is 0 Å². The molecule has 0 N–H and O–H groups in total. The number of nitrogens with zero attached hydrogens (tertiary/aromatic N) is 3. The number of hydrogen-bond acceptors (Lipinski definition) is 3. The molecule has 0 spiro atoms. The first-order chi connectivity index (χ1) is 11.7. The van der Waals surface area contributed by atoms with Gasteiger partial charge in [0.1, 0.15) is 5.75 Å². The highest BCUT2D eigenvalue weighted by molar-refractivity contribution is 5.64. The van der Waals surface area contributed by atoms with Gasteiger partial charge in [-0.1, -0.05) is 0 Å². The summed E-state index contributed by atoms with van der Waals surface area (Å²) in [5.41, 5.74) is 2.71. The van der Waals surface area contributed by atoms with Crippen LogP contribution in [0.1, 0.15) is 5.69 Å². The summed E-state index contributed by atoms with van der Waals surface area (Å²) in [5.74, 6) is -0.344. The minimum Gasteiger partial charge on any atom is -0.406 e. The highest BCUT2D eigenvalue weighted by atomic mass is 19.4. The average molecular weight is 349 g/mol. The Labute approximate surface area is 140 Å². The number of aromatic nitrogens is 3. The molecule has 0 saturated heterocycles. The second-order valence-corrected chi connectivity index (χ2v) is 5.43. The third-order valence-electron chi connectivity index (χ3n) is 3.81. The maximum atomic E-state index is 12.2. The molecule has 2 heterocycles. The van der Waals surface area contributed by atoms with Crippen molar-refractivity contribution >= 4 is 0 Å². The Morgan fingerprint density at radius 1 is 1.08 bits per heavy atom. The number of aryl methyl sites for hydroxylation is 1. The molecule has 3 rings (SSSR count). The topological polar surface area (TPSA) is 49.1 Å². The van der Waals surface area contributed by atoms with E-state index in [0.717, 1.165) is 29.0 Å². The maximum Gasteiger partial charge on any atom is 0.573 e. The highest BCUT2D eigenvalue weighted by Gasteiger charge is 2.30. The average Bonchev–Trinajstić information content (AvgIpc) is 2.87. The third-order valence-corrected chi connectivity index (χ3v) is 3.81. The van der Waals surface area contributed by atoms with E-state index in [0.29, 0.717) is 5.69 Å². The van der Waals surface area contributed by atoms with Crippen LogP contribution in [0.3, 0.4) is 0 Å².